The van der Waals surface area contributed by atoms with Crippen LogP contribution in [0, 0.1) is 6.92 Å². The second-order valence-electron chi connectivity index (χ2n) is 7.34. The quantitative estimate of drug-likeness (QED) is 0.713. The number of nitrogens with two attached hydrogens (primary N) is 1. The van der Waals surface area contributed by atoms with Crippen molar-refractivity contribution in [2.75, 3.05) is 6.54 Å². The fourth-order valence-corrected chi connectivity index (χ4v) is 3.65. The molecule has 2 heterocycles. The molecule has 0 radical (unpaired) electrons. The first kappa shape index (κ1) is 18.9. The number of amides is 1. The topological polar surface area (TPSA) is 101 Å². The number of aliphatic carboxylic acids is 1. The van der Waals surface area contributed by atoms with Crippen LogP contribution in [0.3, 0.4) is 0 Å². The summed E-state index contributed by atoms with van der Waals surface area (Å²) in [4.78, 5) is 26.4. The zero-order chi connectivity index (χ0) is 20.5. The van der Waals surface area contributed by atoms with Crippen LogP contribution in [0.25, 0.3) is 16.9 Å². The van der Waals surface area contributed by atoms with E-state index in [0.717, 1.165) is 16.8 Å². The van der Waals surface area contributed by atoms with Crippen molar-refractivity contribution in [2.45, 2.75) is 25.4 Å². The first-order chi connectivity index (χ1) is 13.9. The summed E-state index contributed by atoms with van der Waals surface area (Å²) in [6.07, 6.45) is 1.91. The molecule has 4 rings (SSSR count). The zero-order valence-corrected chi connectivity index (χ0v) is 16.0. The molecule has 7 heteroatoms. The highest BCUT2D eigenvalue weighted by Gasteiger charge is 2.39. The van der Waals surface area contributed by atoms with Crippen LogP contribution < -0.4 is 5.73 Å². The normalized spacial score (nSPS) is 18.8. The maximum absolute atomic E-state index is 13.4. The van der Waals surface area contributed by atoms with Crippen LogP contribution >= 0.6 is 0 Å². The molecule has 3 N–H and O–H groups in total. The van der Waals surface area contributed by atoms with Gasteiger partial charge in [0.1, 0.15) is 11.7 Å². The van der Waals surface area contributed by atoms with Crippen molar-refractivity contribution >= 4 is 11.9 Å². The summed E-state index contributed by atoms with van der Waals surface area (Å²) in [7, 11) is 0. The predicted octanol–water partition coefficient (Wildman–Crippen LogP) is 2.47. The lowest BCUT2D eigenvalue weighted by Gasteiger charge is -2.21. The van der Waals surface area contributed by atoms with Gasteiger partial charge in [-0.2, -0.15) is 5.10 Å². The standard InChI is InChI=1S/C22H22N4O3/c1-14-7-9-15(10-8-14)20-18(13-26(24-20)17-5-3-2-4-6-17)21(27)25-12-16(23)11-19(25)22(28)29/h2-10,13,16,19H,11-12,23H2,1H3,(H,28,29)/t16-,19-/m0/s1. The summed E-state index contributed by atoms with van der Waals surface area (Å²) >= 11 is 0. The Kier molecular flexibility index (Phi) is 4.90. The molecule has 0 bridgehead atoms. The average Bonchev–Trinajstić information content (AvgIpc) is 3.33. The Morgan fingerprint density at radius 2 is 1.79 bits per heavy atom. The number of para-hydroxylation sites is 1. The van der Waals surface area contributed by atoms with Gasteiger partial charge in [-0.25, -0.2) is 9.48 Å². The Morgan fingerprint density at radius 3 is 2.45 bits per heavy atom. The number of likely N-dealkylation sites (tertiary alicyclic amines) is 1. The monoisotopic (exact) mass is 390 g/mol. The Morgan fingerprint density at radius 1 is 1.10 bits per heavy atom. The van der Waals surface area contributed by atoms with E-state index in [2.05, 4.69) is 5.10 Å². The van der Waals surface area contributed by atoms with Crippen molar-refractivity contribution < 1.29 is 14.7 Å². The van der Waals surface area contributed by atoms with Gasteiger partial charge in [0.2, 0.25) is 0 Å². The van der Waals surface area contributed by atoms with Gasteiger partial charge in [0.25, 0.3) is 5.91 Å². The van der Waals surface area contributed by atoms with Gasteiger partial charge in [-0.3, -0.25) is 4.79 Å². The van der Waals surface area contributed by atoms with Crippen LogP contribution in [-0.4, -0.2) is 50.3 Å². The molecular formula is C22H22N4O3. The smallest absolute Gasteiger partial charge is 0.326 e. The van der Waals surface area contributed by atoms with Crippen LogP contribution in [0.4, 0.5) is 0 Å². The number of hydrogen-bond acceptors (Lipinski definition) is 4. The summed E-state index contributed by atoms with van der Waals surface area (Å²) in [6.45, 7) is 2.20. The molecule has 29 heavy (non-hydrogen) atoms. The van der Waals surface area contributed by atoms with Crippen molar-refractivity contribution in [2.24, 2.45) is 5.73 Å². The van der Waals surface area contributed by atoms with Gasteiger partial charge in [-0.1, -0.05) is 48.0 Å². The zero-order valence-electron chi connectivity index (χ0n) is 16.0. The van der Waals surface area contributed by atoms with Crippen LogP contribution in [0.15, 0.2) is 60.8 Å². The molecule has 1 fully saturated rings. The average molecular weight is 390 g/mol. The number of aromatic nitrogens is 2. The minimum absolute atomic E-state index is 0.208. The molecule has 0 spiro atoms. The summed E-state index contributed by atoms with van der Waals surface area (Å²) < 4.78 is 1.65. The van der Waals surface area contributed by atoms with Crippen LogP contribution in [-0.2, 0) is 4.79 Å². The number of carboxylic acids is 1. The van der Waals surface area contributed by atoms with Crippen molar-refractivity contribution in [1.82, 2.24) is 14.7 Å². The van der Waals surface area contributed by atoms with Crippen molar-refractivity contribution in [3.63, 3.8) is 0 Å². The van der Waals surface area contributed by atoms with E-state index in [1.165, 1.54) is 4.90 Å². The highest BCUT2D eigenvalue weighted by atomic mass is 16.4. The largest absolute Gasteiger partial charge is 0.480 e. The summed E-state index contributed by atoms with van der Waals surface area (Å²) in [6, 6.07) is 15.9. The fraction of sp³-hybridized carbons (Fsp3) is 0.227. The number of benzene rings is 2. The van der Waals surface area contributed by atoms with Gasteiger partial charge < -0.3 is 15.7 Å². The van der Waals surface area contributed by atoms with E-state index >= 15 is 0 Å². The minimum atomic E-state index is -1.04. The highest BCUT2D eigenvalue weighted by molar-refractivity contribution is 6.01. The Labute approximate surface area is 168 Å². The predicted molar refractivity (Wildman–Crippen MR) is 109 cm³/mol. The third-order valence-corrected chi connectivity index (χ3v) is 5.17. The van der Waals surface area contributed by atoms with Gasteiger partial charge >= 0.3 is 5.97 Å². The van der Waals surface area contributed by atoms with E-state index in [4.69, 9.17) is 5.73 Å². The van der Waals surface area contributed by atoms with E-state index < -0.39 is 12.0 Å². The molecule has 148 valence electrons. The Bertz CT molecular complexity index is 1040. The molecule has 1 amide bonds. The van der Waals surface area contributed by atoms with Crippen molar-refractivity contribution in [1.29, 1.82) is 0 Å². The minimum Gasteiger partial charge on any atom is -0.480 e. The first-order valence-electron chi connectivity index (χ1n) is 9.45. The second-order valence-corrected chi connectivity index (χ2v) is 7.34. The number of aryl methyl sites for hydroxylation is 1. The van der Waals surface area contributed by atoms with Crippen LogP contribution in [0.5, 0.6) is 0 Å². The highest BCUT2D eigenvalue weighted by Crippen LogP contribution is 2.28. The summed E-state index contributed by atoms with van der Waals surface area (Å²) in [5.41, 5.74) is 9.54. The second kappa shape index (κ2) is 7.52. The maximum atomic E-state index is 13.4. The van der Waals surface area contributed by atoms with E-state index in [1.807, 2.05) is 61.5 Å². The molecule has 1 saturated heterocycles. The van der Waals surface area contributed by atoms with Gasteiger partial charge in [-0.05, 0) is 25.5 Å². The number of nitrogens with zero attached hydrogens (tertiary/aromatic N) is 3. The maximum Gasteiger partial charge on any atom is 0.326 e. The number of hydrogen-bond donors (Lipinski definition) is 2. The van der Waals surface area contributed by atoms with E-state index in [9.17, 15) is 14.7 Å². The molecule has 0 unspecified atom stereocenters. The molecule has 7 nitrogen and oxygen atoms in total. The van der Waals surface area contributed by atoms with Gasteiger partial charge in [0.05, 0.1) is 11.3 Å². The number of rotatable bonds is 4. The van der Waals surface area contributed by atoms with E-state index in [-0.39, 0.29) is 24.9 Å². The van der Waals surface area contributed by atoms with Crippen molar-refractivity contribution in [3.8, 4) is 16.9 Å². The molecular weight excluding hydrogens is 368 g/mol. The first-order valence-corrected chi connectivity index (χ1v) is 9.45. The third-order valence-electron chi connectivity index (χ3n) is 5.17. The SMILES string of the molecule is Cc1ccc(-c2nn(-c3ccccc3)cc2C(=O)N2C[C@@H](N)C[C@H]2C(=O)O)cc1. The lowest BCUT2D eigenvalue weighted by atomic mass is 10.1. The van der Waals surface area contributed by atoms with Gasteiger partial charge in [-0.15, -0.1) is 0 Å². The number of carbonyl (C=O) groups is 2. The van der Waals surface area contributed by atoms with Gasteiger partial charge in [0, 0.05) is 24.3 Å². The Hall–Kier alpha value is -3.45. The molecule has 0 saturated carbocycles. The van der Waals surface area contributed by atoms with E-state index in [0.29, 0.717) is 11.3 Å². The fourth-order valence-electron chi connectivity index (χ4n) is 3.65. The summed E-state index contributed by atoms with van der Waals surface area (Å²) in [5, 5.41) is 14.2. The number of carbonyl (C=O) groups excluding carboxylic acids is 1. The molecule has 1 aliphatic heterocycles. The lowest BCUT2D eigenvalue weighted by molar-refractivity contribution is -0.141. The molecule has 1 aliphatic rings. The molecule has 3 aromatic rings. The molecule has 0 aliphatic carbocycles. The lowest BCUT2D eigenvalue weighted by Crippen LogP contribution is -2.40. The van der Waals surface area contributed by atoms with Gasteiger partial charge in [0.15, 0.2) is 0 Å². The van der Waals surface area contributed by atoms with E-state index in [1.54, 1.807) is 10.9 Å². The molecule has 1 aromatic heterocycles. The molecule has 2 atom stereocenters. The van der Waals surface area contributed by atoms with Crippen molar-refractivity contribution in [3.05, 3.63) is 71.9 Å². The third kappa shape index (κ3) is 3.64. The number of carboxylic acid groups (broad SMARTS) is 1. The Balaban J connectivity index is 1.80. The summed E-state index contributed by atoms with van der Waals surface area (Å²) in [5.74, 6) is -1.42. The van der Waals surface area contributed by atoms with Crippen LogP contribution in [0.1, 0.15) is 22.3 Å². The molecule has 2 aromatic carbocycles. The van der Waals surface area contributed by atoms with Crippen LogP contribution in [0.2, 0.25) is 0 Å².